The van der Waals surface area contributed by atoms with Crippen molar-refractivity contribution in [1.29, 1.82) is 0 Å². The molecule has 2 N–H and O–H groups in total. The number of halogens is 1. The Bertz CT molecular complexity index is 299. The van der Waals surface area contributed by atoms with Crippen LogP contribution in [-0.4, -0.2) is 18.2 Å². The summed E-state index contributed by atoms with van der Waals surface area (Å²) in [6, 6.07) is 7.85. The molecule has 1 aromatic carbocycles. The maximum Gasteiger partial charge on any atom is 0.102 e. The van der Waals surface area contributed by atoms with E-state index in [2.05, 4.69) is 21.2 Å². The van der Waals surface area contributed by atoms with Gasteiger partial charge in [0.05, 0.1) is 0 Å². The largest absolute Gasteiger partial charge is 0.384 e. The standard InChI is InChI=1S/C12H18BrNO/c1-3-12(15,9-14-4-2)10-5-7-11(13)8-6-10/h5-8,14-15H,3-4,9H2,1-2H3. The molecular weight excluding hydrogens is 254 g/mol. The molecule has 84 valence electrons. The summed E-state index contributed by atoms with van der Waals surface area (Å²) in [5, 5.41) is 13.6. The first-order chi connectivity index (χ1) is 7.12. The molecule has 1 aromatic rings. The van der Waals surface area contributed by atoms with E-state index < -0.39 is 5.60 Å². The number of rotatable bonds is 5. The Morgan fingerprint density at radius 2 is 1.87 bits per heavy atom. The van der Waals surface area contributed by atoms with Gasteiger partial charge in [0.1, 0.15) is 5.60 Å². The molecule has 0 saturated heterocycles. The highest BCUT2D eigenvalue weighted by atomic mass is 79.9. The van der Waals surface area contributed by atoms with Gasteiger partial charge in [-0.2, -0.15) is 0 Å². The number of benzene rings is 1. The lowest BCUT2D eigenvalue weighted by atomic mass is 9.91. The van der Waals surface area contributed by atoms with Crippen molar-refractivity contribution in [2.75, 3.05) is 13.1 Å². The summed E-state index contributed by atoms with van der Waals surface area (Å²) in [5.74, 6) is 0. The van der Waals surface area contributed by atoms with Crippen molar-refractivity contribution in [2.24, 2.45) is 0 Å². The highest BCUT2D eigenvalue weighted by Crippen LogP contribution is 2.25. The Morgan fingerprint density at radius 1 is 1.27 bits per heavy atom. The number of hydrogen-bond acceptors (Lipinski definition) is 2. The van der Waals surface area contributed by atoms with E-state index in [-0.39, 0.29) is 0 Å². The van der Waals surface area contributed by atoms with E-state index >= 15 is 0 Å². The maximum absolute atomic E-state index is 10.4. The lowest BCUT2D eigenvalue weighted by Crippen LogP contribution is -2.37. The fourth-order valence-corrected chi connectivity index (χ4v) is 1.79. The average molecular weight is 272 g/mol. The van der Waals surface area contributed by atoms with Crippen LogP contribution in [0.25, 0.3) is 0 Å². The van der Waals surface area contributed by atoms with Crippen LogP contribution >= 0.6 is 15.9 Å². The summed E-state index contributed by atoms with van der Waals surface area (Å²) in [5.41, 5.74) is 0.214. The molecule has 2 nitrogen and oxygen atoms in total. The van der Waals surface area contributed by atoms with Crippen LogP contribution in [0.2, 0.25) is 0 Å². The lowest BCUT2D eigenvalue weighted by molar-refractivity contribution is 0.0332. The number of likely N-dealkylation sites (N-methyl/N-ethyl adjacent to an activating group) is 1. The van der Waals surface area contributed by atoms with Crippen LogP contribution in [0, 0.1) is 0 Å². The van der Waals surface area contributed by atoms with Crippen molar-refractivity contribution < 1.29 is 5.11 Å². The Labute approximate surface area is 99.8 Å². The second-order valence-corrected chi connectivity index (χ2v) is 4.59. The van der Waals surface area contributed by atoms with E-state index in [0.717, 1.165) is 16.6 Å². The molecule has 0 amide bonds. The molecule has 1 unspecified atom stereocenters. The Balaban J connectivity index is 2.85. The van der Waals surface area contributed by atoms with Crippen LogP contribution in [0.4, 0.5) is 0 Å². The van der Waals surface area contributed by atoms with Gasteiger partial charge in [-0.1, -0.05) is 41.9 Å². The minimum absolute atomic E-state index is 0.599. The Morgan fingerprint density at radius 3 is 2.33 bits per heavy atom. The molecule has 1 rings (SSSR count). The summed E-state index contributed by atoms with van der Waals surface area (Å²) in [6.45, 7) is 5.51. The van der Waals surface area contributed by atoms with Gasteiger partial charge in [0, 0.05) is 11.0 Å². The third-order valence-electron chi connectivity index (χ3n) is 2.63. The van der Waals surface area contributed by atoms with Crippen molar-refractivity contribution in [3.05, 3.63) is 34.3 Å². The molecule has 1 atom stereocenters. The van der Waals surface area contributed by atoms with E-state index in [1.807, 2.05) is 38.1 Å². The predicted octanol–water partition coefficient (Wildman–Crippen LogP) is 2.66. The molecule has 0 aliphatic carbocycles. The Kier molecular flexibility index (Phi) is 4.77. The summed E-state index contributed by atoms with van der Waals surface area (Å²) < 4.78 is 1.04. The fourth-order valence-electron chi connectivity index (χ4n) is 1.52. The van der Waals surface area contributed by atoms with Crippen LogP contribution in [0.1, 0.15) is 25.8 Å². The van der Waals surface area contributed by atoms with Crippen LogP contribution in [0.5, 0.6) is 0 Å². The molecule has 0 aromatic heterocycles. The Hall–Kier alpha value is -0.380. The normalized spacial score (nSPS) is 14.9. The SMILES string of the molecule is CCNCC(O)(CC)c1ccc(Br)cc1. The maximum atomic E-state index is 10.4. The molecule has 0 radical (unpaired) electrons. The van der Waals surface area contributed by atoms with Crippen molar-refractivity contribution in [3.8, 4) is 0 Å². The van der Waals surface area contributed by atoms with Gasteiger partial charge in [0.15, 0.2) is 0 Å². The molecule has 15 heavy (non-hydrogen) atoms. The second-order valence-electron chi connectivity index (χ2n) is 3.67. The van der Waals surface area contributed by atoms with Crippen molar-refractivity contribution >= 4 is 15.9 Å². The zero-order valence-electron chi connectivity index (χ0n) is 9.26. The van der Waals surface area contributed by atoms with Crippen molar-refractivity contribution in [1.82, 2.24) is 5.32 Å². The molecule has 0 spiro atoms. The van der Waals surface area contributed by atoms with Crippen molar-refractivity contribution in [2.45, 2.75) is 25.9 Å². The molecule has 0 aliphatic rings. The quantitative estimate of drug-likeness (QED) is 0.863. The third kappa shape index (κ3) is 3.30. The van der Waals surface area contributed by atoms with Gasteiger partial charge in [-0.15, -0.1) is 0 Å². The minimum atomic E-state index is -0.753. The molecule has 0 heterocycles. The van der Waals surface area contributed by atoms with E-state index in [0.29, 0.717) is 13.0 Å². The van der Waals surface area contributed by atoms with Crippen LogP contribution in [-0.2, 0) is 5.60 Å². The first-order valence-corrected chi connectivity index (χ1v) is 6.11. The number of aliphatic hydroxyl groups is 1. The lowest BCUT2D eigenvalue weighted by Gasteiger charge is -2.27. The molecule has 0 fully saturated rings. The minimum Gasteiger partial charge on any atom is -0.384 e. The first-order valence-electron chi connectivity index (χ1n) is 5.31. The highest BCUT2D eigenvalue weighted by Gasteiger charge is 2.26. The van der Waals surface area contributed by atoms with Crippen LogP contribution in [0.15, 0.2) is 28.7 Å². The van der Waals surface area contributed by atoms with Gasteiger partial charge < -0.3 is 10.4 Å². The van der Waals surface area contributed by atoms with E-state index in [1.165, 1.54) is 0 Å². The first kappa shape index (κ1) is 12.7. The predicted molar refractivity (Wildman–Crippen MR) is 66.9 cm³/mol. The van der Waals surface area contributed by atoms with Crippen LogP contribution in [0.3, 0.4) is 0 Å². The molecule has 0 saturated carbocycles. The van der Waals surface area contributed by atoms with Gasteiger partial charge in [-0.3, -0.25) is 0 Å². The highest BCUT2D eigenvalue weighted by molar-refractivity contribution is 9.10. The molecule has 0 bridgehead atoms. The van der Waals surface area contributed by atoms with Gasteiger partial charge in [0.25, 0.3) is 0 Å². The smallest absolute Gasteiger partial charge is 0.102 e. The molecule has 3 heteroatoms. The monoisotopic (exact) mass is 271 g/mol. The fraction of sp³-hybridized carbons (Fsp3) is 0.500. The van der Waals surface area contributed by atoms with E-state index in [9.17, 15) is 5.11 Å². The molecular formula is C12H18BrNO. The van der Waals surface area contributed by atoms with Crippen molar-refractivity contribution in [3.63, 3.8) is 0 Å². The van der Waals surface area contributed by atoms with Gasteiger partial charge >= 0.3 is 0 Å². The zero-order valence-corrected chi connectivity index (χ0v) is 10.8. The molecule has 0 aliphatic heterocycles. The average Bonchev–Trinajstić information content (AvgIpc) is 2.27. The van der Waals surface area contributed by atoms with Crippen LogP contribution < -0.4 is 5.32 Å². The van der Waals surface area contributed by atoms with E-state index in [4.69, 9.17) is 0 Å². The summed E-state index contributed by atoms with van der Waals surface area (Å²) in [6.07, 6.45) is 0.710. The second kappa shape index (κ2) is 5.64. The summed E-state index contributed by atoms with van der Waals surface area (Å²) >= 11 is 3.39. The number of hydrogen-bond donors (Lipinski definition) is 2. The van der Waals surface area contributed by atoms with Gasteiger partial charge in [0.2, 0.25) is 0 Å². The summed E-state index contributed by atoms with van der Waals surface area (Å²) in [4.78, 5) is 0. The third-order valence-corrected chi connectivity index (χ3v) is 3.16. The topological polar surface area (TPSA) is 32.3 Å². The van der Waals surface area contributed by atoms with Gasteiger partial charge in [-0.05, 0) is 30.7 Å². The summed E-state index contributed by atoms with van der Waals surface area (Å²) in [7, 11) is 0. The number of nitrogens with one attached hydrogen (secondary N) is 1. The van der Waals surface area contributed by atoms with E-state index in [1.54, 1.807) is 0 Å². The van der Waals surface area contributed by atoms with Gasteiger partial charge in [-0.25, -0.2) is 0 Å². The zero-order chi connectivity index (χ0) is 11.3.